The molecule has 2 aromatic carbocycles. The quantitative estimate of drug-likeness (QED) is 0.463. The summed E-state index contributed by atoms with van der Waals surface area (Å²) in [6, 6.07) is 7.61. The molecule has 7 rings (SSSR count). The van der Waals surface area contributed by atoms with Crippen molar-refractivity contribution in [2.45, 2.75) is 68.3 Å². The van der Waals surface area contributed by atoms with Crippen molar-refractivity contribution in [2.75, 3.05) is 33.8 Å². The van der Waals surface area contributed by atoms with Crippen molar-refractivity contribution in [3.63, 3.8) is 0 Å². The molecule has 2 saturated carbocycles. The predicted octanol–water partition coefficient (Wildman–Crippen LogP) is 5.88. The van der Waals surface area contributed by atoms with Crippen molar-refractivity contribution < 1.29 is 27.8 Å². The Morgan fingerprint density at radius 3 is 2.65 bits per heavy atom. The monoisotopic (exact) mass is 554 g/mol. The zero-order valence-electron chi connectivity index (χ0n) is 23.1. The van der Waals surface area contributed by atoms with E-state index in [-0.39, 0.29) is 17.6 Å². The summed E-state index contributed by atoms with van der Waals surface area (Å²) < 4.78 is 51.4. The number of hydrogen-bond donors (Lipinski definition) is 1. The number of likely N-dealkylation sites (N-methyl/N-ethyl adjacent to an activating group) is 1. The van der Waals surface area contributed by atoms with Gasteiger partial charge in [0, 0.05) is 47.8 Å². The van der Waals surface area contributed by atoms with Gasteiger partial charge in [-0.25, -0.2) is 0 Å². The average Bonchev–Trinajstić information content (AvgIpc) is 3.68. The lowest BCUT2D eigenvalue weighted by Gasteiger charge is -2.60. The molecule has 2 bridgehead atoms. The standard InChI is InChI=1S/C32H37F3N2O3/c1-36(14-3-4-19-7-9-21(10-8-19)32(33,34)35)24-12-11-23-25-16-22-26(38)17-27(39-2)29-28(22)31(23,30(24)40-29)13-15-37(25)18-20-5-6-20/h3-4,7-10,17,20,23-25,30,38H,5-6,11-16,18H2,1-2H3/t23-,24-,25+,30-,31-/m0/s1. The van der Waals surface area contributed by atoms with E-state index in [2.05, 4.69) is 16.8 Å². The number of aromatic hydroxyl groups is 1. The van der Waals surface area contributed by atoms with Gasteiger partial charge in [0.1, 0.15) is 11.9 Å². The van der Waals surface area contributed by atoms with E-state index in [0.717, 1.165) is 67.2 Å². The molecule has 8 heteroatoms. The summed E-state index contributed by atoms with van der Waals surface area (Å²) in [6.45, 7) is 2.88. The van der Waals surface area contributed by atoms with Crippen molar-refractivity contribution in [1.29, 1.82) is 0 Å². The first-order chi connectivity index (χ1) is 19.2. The van der Waals surface area contributed by atoms with Crippen LogP contribution in [0.3, 0.4) is 0 Å². The van der Waals surface area contributed by atoms with E-state index in [9.17, 15) is 18.3 Å². The highest BCUT2D eigenvalue weighted by Crippen LogP contribution is 2.65. The Balaban J connectivity index is 1.17. The van der Waals surface area contributed by atoms with E-state index >= 15 is 0 Å². The Kier molecular flexibility index (Phi) is 6.17. The number of hydrogen-bond acceptors (Lipinski definition) is 5. The van der Waals surface area contributed by atoms with Gasteiger partial charge in [0.2, 0.25) is 0 Å². The van der Waals surface area contributed by atoms with Crippen LogP contribution in [0, 0.1) is 11.8 Å². The molecule has 5 aliphatic rings. The zero-order valence-corrected chi connectivity index (χ0v) is 23.1. The van der Waals surface area contributed by atoms with E-state index in [4.69, 9.17) is 9.47 Å². The van der Waals surface area contributed by atoms with E-state index in [1.54, 1.807) is 13.2 Å². The topological polar surface area (TPSA) is 45.2 Å². The van der Waals surface area contributed by atoms with Crippen LogP contribution < -0.4 is 9.47 Å². The van der Waals surface area contributed by atoms with E-state index < -0.39 is 11.7 Å². The van der Waals surface area contributed by atoms with Crippen LogP contribution in [-0.4, -0.2) is 66.9 Å². The lowest BCUT2D eigenvalue weighted by Crippen LogP contribution is -2.68. The second-order valence-corrected chi connectivity index (χ2v) is 12.5. The third-order valence-electron chi connectivity index (χ3n) is 10.4. The van der Waals surface area contributed by atoms with Crippen LogP contribution in [0.1, 0.15) is 54.4 Å². The maximum absolute atomic E-state index is 12.9. The number of rotatable bonds is 7. The molecule has 5 nitrogen and oxygen atoms in total. The second kappa shape index (κ2) is 9.41. The minimum absolute atomic E-state index is 0.0361. The summed E-state index contributed by atoms with van der Waals surface area (Å²) in [4.78, 5) is 5.04. The fourth-order valence-corrected chi connectivity index (χ4v) is 8.39. The molecule has 1 N–H and O–H groups in total. The van der Waals surface area contributed by atoms with Crippen LogP contribution >= 0.6 is 0 Å². The Bertz CT molecular complexity index is 1320. The zero-order chi connectivity index (χ0) is 27.8. The average molecular weight is 555 g/mol. The van der Waals surface area contributed by atoms with Gasteiger partial charge in [-0.3, -0.25) is 9.80 Å². The maximum Gasteiger partial charge on any atom is 0.416 e. The summed E-state index contributed by atoms with van der Waals surface area (Å²) in [6.07, 6.45) is 6.23. The first-order valence-electron chi connectivity index (χ1n) is 14.6. The van der Waals surface area contributed by atoms with Gasteiger partial charge in [-0.05, 0) is 81.6 Å². The van der Waals surface area contributed by atoms with Crippen molar-refractivity contribution >= 4 is 6.08 Å². The second-order valence-electron chi connectivity index (χ2n) is 12.5. The molecule has 2 aliphatic heterocycles. The van der Waals surface area contributed by atoms with Gasteiger partial charge in [-0.15, -0.1) is 0 Å². The van der Waals surface area contributed by atoms with Gasteiger partial charge in [0.15, 0.2) is 11.5 Å². The van der Waals surface area contributed by atoms with Crippen molar-refractivity contribution in [3.05, 3.63) is 58.7 Å². The van der Waals surface area contributed by atoms with Crippen LogP contribution in [-0.2, 0) is 18.0 Å². The Morgan fingerprint density at radius 2 is 1.95 bits per heavy atom. The molecular weight excluding hydrogens is 517 g/mol. The van der Waals surface area contributed by atoms with Gasteiger partial charge in [0.25, 0.3) is 0 Å². The van der Waals surface area contributed by atoms with Gasteiger partial charge in [-0.1, -0.05) is 24.3 Å². The van der Waals surface area contributed by atoms with Gasteiger partial charge in [0.05, 0.1) is 12.7 Å². The molecule has 2 aromatic rings. The molecule has 1 spiro atoms. The summed E-state index contributed by atoms with van der Waals surface area (Å²) in [5.74, 6) is 3.06. The molecule has 1 saturated heterocycles. The summed E-state index contributed by atoms with van der Waals surface area (Å²) in [5, 5.41) is 11.2. The number of halogens is 3. The molecule has 3 fully saturated rings. The van der Waals surface area contributed by atoms with Crippen LogP contribution in [0.25, 0.3) is 6.08 Å². The highest BCUT2D eigenvalue weighted by atomic mass is 19.4. The fourth-order valence-electron chi connectivity index (χ4n) is 8.39. The van der Waals surface area contributed by atoms with Gasteiger partial charge < -0.3 is 14.6 Å². The van der Waals surface area contributed by atoms with Crippen LogP contribution in [0.4, 0.5) is 13.2 Å². The van der Waals surface area contributed by atoms with E-state index in [1.165, 1.54) is 37.1 Å². The third-order valence-corrected chi connectivity index (χ3v) is 10.4. The Labute approximate surface area is 233 Å². The normalized spacial score (nSPS) is 30.9. The molecule has 214 valence electrons. The lowest BCUT2D eigenvalue weighted by molar-refractivity contribution is -0.137. The lowest BCUT2D eigenvalue weighted by atomic mass is 9.50. The number of phenolic OH excluding ortho intramolecular Hbond substituents is 1. The number of benzene rings is 2. The molecule has 0 unspecified atom stereocenters. The molecular formula is C32H37F3N2O3. The van der Waals surface area contributed by atoms with E-state index in [0.29, 0.717) is 30.0 Å². The number of piperidine rings is 1. The van der Waals surface area contributed by atoms with Crippen LogP contribution in [0.15, 0.2) is 36.4 Å². The fraction of sp³-hybridized carbons (Fsp3) is 0.562. The maximum atomic E-state index is 12.9. The number of phenols is 1. The van der Waals surface area contributed by atoms with Crippen LogP contribution in [0.2, 0.25) is 0 Å². The third kappa shape index (κ3) is 4.04. The van der Waals surface area contributed by atoms with E-state index in [1.807, 2.05) is 12.2 Å². The molecule has 0 amide bonds. The number of likely N-dealkylation sites (tertiary alicyclic amines) is 1. The molecule has 0 aromatic heterocycles. The molecule has 0 radical (unpaired) electrons. The first kappa shape index (κ1) is 26.2. The van der Waals surface area contributed by atoms with Crippen LogP contribution in [0.5, 0.6) is 17.2 Å². The summed E-state index contributed by atoms with van der Waals surface area (Å²) >= 11 is 0. The van der Waals surface area contributed by atoms with Crippen molar-refractivity contribution in [1.82, 2.24) is 9.80 Å². The molecule has 5 atom stereocenters. The molecule has 2 heterocycles. The largest absolute Gasteiger partial charge is 0.508 e. The number of methoxy groups -OCH3 is 1. The van der Waals surface area contributed by atoms with Crippen molar-refractivity contribution in [3.8, 4) is 17.2 Å². The predicted molar refractivity (Wildman–Crippen MR) is 147 cm³/mol. The molecule has 40 heavy (non-hydrogen) atoms. The van der Waals surface area contributed by atoms with Crippen molar-refractivity contribution in [2.24, 2.45) is 11.8 Å². The first-order valence-corrected chi connectivity index (χ1v) is 14.6. The van der Waals surface area contributed by atoms with Gasteiger partial charge in [-0.2, -0.15) is 13.2 Å². The SMILES string of the molecule is COc1cc(O)c2c3c1O[C@H]1[C@@H](N(C)CC=Cc4ccc(C(F)(F)F)cc4)CC[C@H]4[C@@H](C2)N(CC2CC2)CC[C@@]341. The highest BCUT2D eigenvalue weighted by molar-refractivity contribution is 5.65. The minimum atomic E-state index is -4.33. The smallest absolute Gasteiger partial charge is 0.416 e. The van der Waals surface area contributed by atoms with Gasteiger partial charge >= 0.3 is 6.18 Å². The Hall–Kier alpha value is -2.71. The number of ether oxygens (including phenoxy) is 2. The highest BCUT2D eigenvalue weighted by Gasteiger charge is 2.66. The minimum Gasteiger partial charge on any atom is -0.508 e. The number of nitrogens with zero attached hydrogens (tertiary/aromatic N) is 2. The summed E-state index contributed by atoms with van der Waals surface area (Å²) in [5.41, 5.74) is 2.21. The molecule has 3 aliphatic carbocycles. The Morgan fingerprint density at radius 1 is 1.18 bits per heavy atom. The summed E-state index contributed by atoms with van der Waals surface area (Å²) in [7, 11) is 3.75. The number of alkyl halides is 3.